The zero-order chi connectivity index (χ0) is 8.78. The molecule has 7 heteroatoms. The van der Waals surface area contributed by atoms with E-state index in [1.807, 2.05) is 13.8 Å². The molecule has 0 amide bonds. The summed E-state index contributed by atoms with van der Waals surface area (Å²) in [5, 5.41) is 8.02. The number of rotatable bonds is 1. The van der Waals surface area contributed by atoms with Gasteiger partial charge in [-0.25, -0.2) is 10.7 Å². The first-order valence-electron chi connectivity index (χ1n) is 2.41. The van der Waals surface area contributed by atoms with Crippen molar-refractivity contribution in [3.05, 3.63) is 0 Å². The molecular weight excluding hydrogens is 162 g/mol. The molecule has 0 unspecified atom stereocenters. The number of hydrogen-bond acceptors (Lipinski definition) is 5. The van der Waals surface area contributed by atoms with Crippen LogP contribution >= 0.6 is 0 Å². The molecule has 6 nitrogen and oxygen atoms in total. The van der Waals surface area contributed by atoms with E-state index in [1.165, 1.54) is 5.48 Å². The number of hydroxylamine groups is 1. The van der Waals surface area contributed by atoms with E-state index < -0.39 is 10.4 Å². The van der Waals surface area contributed by atoms with Gasteiger partial charge in [0.05, 0.1) is 0 Å². The minimum Gasteiger partial charge on any atom is -0.759 e. The van der Waals surface area contributed by atoms with Crippen LogP contribution in [0, 0.1) is 0 Å². The fourth-order valence-electron chi connectivity index (χ4n) is 0. The summed E-state index contributed by atoms with van der Waals surface area (Å²) in [5.74, 6) is 0. The quantitative estimate of drug-likeness (QED) is 0.270. The van der Waals surface area contributed by atoms with E-state index in [4.69, 9.17) is 22.7 Å². The first-order valence-corrected chi connectivity index (χ1v) is 3.75. The standard InChI is InChI=1S/C3H9NO.H2O4S/c1-3(2)4-5;1-5(2,3)4/h3-5H,1-2H3;(H2,1,2,3,4)/p-1. The summed E-state index contributed by atoms with van der Waals surface area (Å²) in [6.45, 7) is 3.83. The average molecular weight is 172 g/mol. The van der Waals surface area contributed by atoms with Crippen LogP contribution < -0.4 is 5.48 Å². The maximum Gasteiger partial charge on any atom is 0.110 e. The zero-order valence-corrected chi connectivity index (χ0v) is 6.46. The fraction of sp³-hybridized carbons (Fsp3) is 1.00. The van der Waals surface area contributed by atoms with Gasteiger partial charge in [0.2, 0.25) is 0 Å². The van der Waals surface area contributed by atoms with Gasteiger partial charge in [0, 0.05) is 10.4 Å². The van der Waals surface area contributed by atoms with Gasteiger partial charge in [-0.15, -0.1) is 0 Å². The van der Waals surface area contributed by atoms with Crippen molar-refractivity contribution < 1.29 is 28.2 Å². The molecule has 0 heterocycles. The fourth-order valence-corrected chi connectivity index (χ4v) is 0. The summed E-state index contributed by atoms with van der Waals surface area (Å²) in [4.78, 5) is 0. The predicted octanol–water partition coefficient (Wildman–Crippen LogP) is -1.99. The maximum absolute atomic E-state index is 8.52. The molecule has 0 aliphatic carbocycles. The maximum atomic E-state index is 8.52. The normalized spacial score (nSPS) is 10.6. The Bertz CT molecular complexity index is 142. The summed E-state index contributed by atoms with van der Waals surface area (Å²) in [6, 6.07) is 0.315. The molecule has 0 radical (unpaired) electrons. The van der Waals surface area contributed by atoms with Crippen LogP contribution in [0.1, 0.15) is 13.8 Å². The molecule has 0 aromatic rings. The minimum atomic E-state index is -5.17. The first kappa shape index (κ1) is 12.5. The van der Waals surface area contributed by atoms with Crippen molar-refractivity contribution in [3.63, 3.8) is 0 Å². The lowest BCUT2D eigenvalue weighted by molar-refractivity contribution is -0.906. The Hall–Kier alpha value is -0.210. The molecule has 0 bridgehead atoms. The van der Waals surface area contributed by atoms with E-state index in [2.05, 4.69) is 0 Å². The molecule has 0 aromatic carbocycles. The summed E-state index contributed by atoms with van der Waals surface area (Å²) >= 11 is 0. The summed E-state index contributed by atoms with van der Waals surface area (Å²) in [7, 11) is -5.17. The highest BCUT2D eigenvalue weighted by Crippen LogP contribution is 1.57. The molecule has 0 saturated heterocycles. The van der Waals surface area contributed by atoms with Gasteiger partial charge in [-0.05, 0) is 13.8 Å². The second-order valence-electron chi connectivity index (χ2n) is 1.80. The van der Waals surface area contributed by atoms with Gasteiger partial charge in [-0.1, -0.05) is 0 Å². The molecule has 0 aliphatic rings. The molecule has 10 heavy (non-hydrogen) atoms. The summed E-state index contributed by atoms with van der Waals surface area (Å²) < 4.78 is 34.1. The van der Waals surface area contributed by atoms with E-state index in [1.54, 1.807) is 0 Å². The Kier molecular flexibility index (Phi) is 6.94. The molecule has 0 spiro atoms. The Morgan fingerprint density at radius 1 is 1.40 bits per heavy atom. The van der Waals surface area contributed by atoms with Crippen LogP contribution in [0.4, 0.5) is 0 Å². The molecule has 0 aromatic heterocycles. The molecule has 0 rings (SSSR count). The largest absolute Gasteiger partial charge is 0.759 e. The third-order valence-electron chi connectivity index (χ3n) is 0.298. The molecular formula is C3H10NO5S-. The van der Waals surface area contributed by atoms with Crippen molar-refractivity contribution >= 4 is 10.4 Å². The van der Waals surface area contributed by atoms with E-state index in [0.717, 1.165) is 0 Å². The van der Waals surface area contributed by atoms with Crippen molar-refractivity contribution in [1.29, 1.82) is 0 Å². The van der Waals surface area contributed by atoms with Gasteiger partial charge < -0.3 is 9.11 Å². The number of hydrogen-bond donors (Lipinski definition) is 2. The van der Waals surface area contributed by atoms with E-state index in [0.29, 0.717) is 6.04 Å². The second kappa shape index (κ2) is 5.57. The summed E-state index contributed by atoms with van der Waals surface area (Å²) in [6.07, 6.45) is 0. The highest BCUT2D eigenvalue weighted by molar-refractivity contribution is 7.79. The van der Waals surface area contributed by atoms with E-state index in [9.17, 15) is 0 Å². The molecule has 0 saturated carbocycles. The first-order chi connectivity index (χ1) is 4.27. The van der Waals surface area contributed by atoms with Gasteiger partial charge >= 0.3 is 0 Å². The van der Waals surface area contributed by atoms with Crippen LogP contribution in [0.15, 0.2) is 0 Å². The van der Waals surface area contributed by atoms with Gasteiger partial charge in [-0.2, -0.15) is 0 Å². The van der Waals surface area contributed by atoms with Gasteiger partial charge in [-0.3, -0.25) is 8.42 Å². The molecule has 0 fully saturated rings. The lowest BCUT2D eigenvalue weighted by Crippen LogP contribution is -2.85. The van der Waals surface area contributed by atoms with Crippen LogP contribution in [-0.4, -0.2) is 28.8 Å². The predicted molar refractivity (Wildman–Crippen MR) is 29.3 cm³/mol. The summed E-state index contributed by atoms with van der Waals surface area (Å²) in [5.41, 5.74) is 1.17. The monoisotopic (exact) mass is 172 g/mol. The molecule has 3 N–H and O–H groups in total. The van der Waals surface area contributed by atoms with Crippen LogP contribution in [-0.2, 0) is 10.4 Å². The van der Waals surface area contributed by atoms with Gasteiger partial charge in [0.25, 0.3) is 0 Å². The van der Waals surface area contributed by atoms with Crippen LogP contribution in [0.2, 0.25) is 0 Å². The van der Waals surface area contributed by atoms with Crippen molar-refractivity contribution in [2.24, 2.45) is 0 Å². The van der Waals surface area contributed by atoms with E-state index >= 15 is 0 Å². The Morgan fingerprint density at radius 3 is 1.50 bits per heavy atom. The highest BCUT2D eigenvalue weighted by atomic mass is 32.3. The molecule has 64 valence electrons. The third kappa shape index (κ3) is 112. The van der Waals surface area contributed by atoms with Crippen molar-refractivity contribution in [1.82, 2.24) is 0 Å². The minimum absolute atomic E-state index is 0.315. The van der Waals surface area contributed by atoms with E-state index in [-0.39, 0.29) is 0 Å². The van der Waals surface area contributed by atoms with Crippen LogP contribution in [0.5, 0.6) is 0 Å². The topological polar surface area (TPSA) is 117 Å². The third-order valence-corrected chi connectivity index (χ3v) is 0.298. The SMILES string of the molecule is CC(C)[NH2+]O.O=S(=O)([O-])[O-]. The van der Waals surface area contributed by atoms with Gasteiger partial charge in [0.1, 0.15) is 6.04 Å². The molecule has 0 atom stereocenters. The number of quaternary nitrogens is 1. The van der Waals surface area contributed by atoms with Gasteiger partial charge in [0.15, 0.2) is 0 Å². The Morgan fingerprint density at radius 2 is 1.50 bits per heavy atom. The van der Waals surface area contributed by atoms with Crippen LogP contribution in [0.25, 0.3) is 0 Å². The van der Waals surface area contributed by atoms with Crippen molar-refractivity contribution in [3.8, 4) is 0 Å². The smallest absolute Gasteiger partial charge is 0.110 e. The van der Waals surface area contributed by atoms with Crippen molar-refractivity contribution in [2.45, 2.75) is 19.9 Å². The van der Waals surface area contributed by atoms with Crippen LogP contribution in [0.3, 0.4) is 0 Å². The average Bonchev–Trinajstić information content (AvgIpc) is 1.61. The second-order valence-corrected chi connectivity index (χ2v) is 2.62. The lowest BCUT2D eigenvalue weighted by Gasteiger charge is -2.06. The highest BCUT2D eigenvalue weighted by Gasteiger charge is 1.84. The Labute approximate surface area is 59.4 Å². The Balaban J connectivity index is 0. The van der Waals surface area contributed by atoms with Crippen molar-refractivity contribution in [2.75, 3.05) is 0 Å². The zero-order valence-electron chi connectivity index (χ0n) is 5.64. The molecule has 0 aliphatic heterocycles. The lowest BCUT2D eigenvalue weighted by atomic mass is 10.4. The number of nitrogens with two attached hydrogens (primary N) is 1.